The third-order valence-electron chi connectivity index (χ3n) is 5.25. The molecule has 0 radical (unpaired) electrons. The second-order valence-electron chi connectivity index (χ2n) is 7.19. The third kappa shape index (κ3) is 4.19. The van der Waals surface area contributed by atoms with E-state index in [9.17, 15) is 14.2 Å². The van der Waals surface area contributed by atoms with Crippen LogP contribution in [0.4, 0.5) is 0 Å². The van der Waals surface area contributed by atoms with Crippen molar-refractivity contribution in [2.75, 3.05) is 21.3 Å². The molecule has 0 aliphatic carbocycles. The maximum atomic E-state index is 13.6. The molecule has 0 amide bonds. The van der Waals surface area contributed by atoms with Gasteiger partial charge in [0, 0.05) is 11.1 Å². The number of ether oxygens (including phenoxy) is 3. The Morgan fingerprint density at radius 1 is 0.781 bits per heavy atom. The zero-order valence-electron chi connectivity index (χ0n) is 18.6. The average molecular weight is 452 g/mol. The Morgan fingerprint density at radius 3 is 1.91 bits per heavy atom. The van der Waals surface area contributed by atoms with Crippen molar-refractivity contribution in [2.45, 2.75) is 13.8 Å². The topological polar surface area (TPSA) is 78.9 Å². The minimum atomic E-state index is -3.09. The van der Waals surface area contributed by atoms with Crippen LogP contribution in [0.1, 0.15) is 37.4 Å². The zero-order valence-corrected chi connectivity index (χ0v) is 19.6. The van der Waals surface area contributed by atoms with E-state index in [1.165, 1.54) is 27.4 Å². The fraction of sp³-hybridized carbons (Fsp3) is 0.200. The molecule has 0 bridgehead atoms. The highest BCUT2D eigenvalue weighted by Gasteiger charge is 2.31. The van der Waals surface area contributed by atoms with E-state index in [2.05, 4.69) is 0 Å². The third-order valence-corrected chi connectivity index (χ3v) is 6.84. The van der Waals surface area contributed by atoms with Crippen molar-refractivity contribution in [1.82, 2.24) is 0 Å². The SMILES string of the molecule is COc1cc(C(=O)c2ccccc2)c(OC)c(OC)c1[PH](=O)C(=O)c1c(C)cccc1C. The van der Waals surface area contributed by atoms with Crippen LogP contribution in [0.2, 0.25) is 0 Å². The number of ketones is 1. The van der Waals surface area contributed by atoms with Crippen molar-refractivity contribution in [3.63, 3.8) is 0 Å². The maximum absolute atomic E-state index is 13.6. The number of hydrogen-bond acceptors (Lipinski definition) is 6. The molecule has 32 heavy (non-hydrogen) atoms. The van der Waals surface area contributed by atoms with Gasteiger partial charge in [-0.1, -0.05) is 48.5 Å². The maximum Gasteiger partial charge on any atom is 0.223 e. The molecule has 0 saturated heterocycles. The molecule has 3 rings (SSSR count). The Bertz CT molecular complexity index is 1180. The summed E-state index contributed by atoms with van der Waals surface area (Å²) in [5.74, 6) is -0.0313. The van der Waals surface area contributed by atoms with Crippen molar-refractivity contribution in [2.24, 2.45) is 0 Å². The van der Waals surface area contributed by atoms with Crippen LogP contribution in [0.25, 0.3) is 0 Å². The Labute approximate surface area is 187 Å². The van der Waals surface area contributed by atoms with Gasteiger partial charge in [-0.05, 0) is 31.0 Å². The summed E-state index contributed by atoms with van der Waals surface area (Å²) in [7, 11) is 1.06. The van der Waals surface area contributed by atoms with Crippen LogP contribution >= 0.6 is 7.80 Å². The van der Waals surface area contributed by atoms with Gasteiger partial charge < -0.3 is 18.8 Å². The van der Waals surface area contributed by atoms with Gasteiger partial charge in [0.2, 0.25) is 5.52 Å². The lowest BCUT2D eigenvalue weighted by Crippen LogP contribution is -2.16. The van der Waals surface area contributed by atoms with E-state index in [0.29, 0.717) is 11.1 Å². The van der Waals surface area contributed by atoms with Crippen LogP contribution in [0, 0.1) is 13.8 Å². The molecule has 0 aliphatic heterocycles. The van der Waals surface area contributed by atoms with E-state index in [-0.39, 0.29) is 33.9 Å². The molecule has 0 N–H and O–H groups in total. The van der Waals surface area contributed by atoms with Gasteiger partial charge in [-0.25, -0.2) is 0 Å². The minimum Gasteiger partial charge on any atom is -0.496 e. The van der Waals surface area contributed by atoms with Crippen LogP contribution in [0.5, 0.6) is 17.2 Å². The lowest BCUT2D eigenvalue weighted by atomic mass is 10.0. The highest BCUT2D eigenvalue weighted by Crippen LogP contribution is 2.43. The molecule has 6 nitrogen and oxygen atoms in total. The van der Waals surface area contributed by atoms with Gasteiger partial charge in [0.25, 0.3) is 0 Å². The molecule has 1 unspecified atom stereocenters. The summed E-state index contributed by atoms with van der Waals surface area (Å²) in [5.41, 5.74) is 1.99. The van der Waals surface area contributed by atoms with Crippen molar-refractivity contribution < 1.29 is 28.4 Å². The van der Waals surface area contributed by atoms with Crippen molar-refractivity contribution >= 4 is 24.4 Å². The molecule has 7 heteroatoms. The average Bonchev–Trinajstić information content (AvgIpc) is 2.81. The largest absolute Gasteiger partial charge is 0.496 e. The number of hydrogen-bond donors (Lipinski definition) is 0. The number of carbonyl (C=O) groups excluding carboxylic acids is 2. The van der Waals surface area contributed by atoms with E-state index in [1.807, 2.05) is 12.1 Å². The Morgan fingerprint density at radius 2 is 1.38 bits per heavy atom. The first-order valence-electron chi connectivity index (χ1n) is 9.93. The summed E-state index contributed by atoms with van der Waals surface area (Å²) in [4.78, 5) is 26.4. The van der Waals surface area contributed by atoms with E-state index in [0.717, 1.165) is 11.1 Å². The monoisotopic (exact) mass is 452 g/mol. The van der Waals surface area contributed by atoms with Gasteiger partial charge in [-0.2, -0.15) is 0 Å². The normalized spacial score (nSPS) is 11.5. The van der Waals surface area contributed by atoms with Crippen LogP contribution in [0.15, 0.2) is 54.6 Å². The number of aryl methyl sites for hydroxylation is 2. The molecular formula is C25H25O6P. The van der Waals surface area contributed by atoms with Gasteiger partial charge in [-0.3, -0.25) is 9.59 Å². The fourth-order valence-corrected chi connectivity index (χ4v) is 5.37. The second kappa shape index (κ2) is 9.84. The molecule has 0 aliphatic rings. The first-order valence-corrected chi connectivity index (χ1v) is 11.3. The van der Waals surface area contributed by atoms with Crippen LogP contribution in [0.3, 0.4) is 0 Å². The molecular weight excluding hydrogens is 427 g/mol. The van der Waals surface area contributed by atoms with E-state index in [1.54, 1.807) is 50.2 Å². The van der Waals surface area contributed by atoms with Crippen LogP contribution < -0.4 is 19.5 Å². The first kappa shape index (κ1) is 23.3. The molecule has 0 spiro atoms. The van der Waals surface area contributed by atoms with E-state index in [4.69, 9.17) is 14.2 Å². The van der Waals surface area contributed by atoms with Crippen LogP contribution in [-0.4, -0.2) is 32.6 Å². The molecule has 0 fully saturated rings. The number of benzene rings is 3. The first-order chi connectivity index (χ1) is 15.3. The quantitative estimate of drug-likeness (QED) is 0.368. The lowest BCUT2D eigenvalue weighted by molar-refractivity contribution is 0.103. The van der Waals surface area contributed by atoms with Gasteiger partial charge in [0.15, 0.2) is 25.1 Å². The Hall–Kier alpha value is -3.37. The predicted molar refractivity (Wildman–Crippen MR) is 125 cm³/mol. The van der Waals surface area contributed by atoms with E-state index >= 15 is 0 Å². The number of rotatable bonds is 8. The number of carbonyl (C=O) groups is 2. The van der Waals surface area contributed by atoms with Crippen molar-refractivity contribution in [3.8, 4) is 17.2 Å². The van der Waals surface area contributed by atoms with Crippen molar-refractivity contribution in [3.05, 3.63) is 82.4 Å². The summed E-state index contributed by atoms with van der Waals surface area (Å²) >= 11 is 0. The number of methoxy groups -OCH3 is 3. The summed E-state index contributed by atoms with van der Waals surface area (Å²) in [6.45, 7) is 3.60. The fourth-order valence-electron chi connectivity index (χ4n) is 3.70. The molecule has 0 aromatic heterocycles. The van der Waals surface area contributed by atoms with Gasteiger partial charge in [0.05, 0.1) is 26.9 Å². The summed E-state index contributed by atoms with van der Waals surface area (Å²) < 4.78 is 30.0. The Kier molecular flexibility index (Phi) is 7.16. The smallest absolute Gasteiger partial charge is 0.223 e. The molecule has 3 aromatic rings. The molecule has 1 atom stereocenters. The van der Waals surface area contributed by atoms with Gasteiger partial charge >= 0.3 is 0 Å². The molecule has 0 heterocycles. The molecule has 0 saturated carbocycles. The Balaban J connectivity index is 2.22. The zero-order chi connectivity index (χ0) is 23.4. The van der Waals surface area contributed by atoms with Gasteiger partial charge in [0.1, 0.15) is 11.1 Å². The highest BCUT2D eigenvalue weighted by atomic mass is 31.1. The highest BCUT2D eigenvalue weighted by molar-refractivity contribution is 7.72. The van der Waals surface area contributed by atoms with Crippen LogP contribution in [-0.2, 0) is 4.57 Å². The second-order valence-corrected chi connectivity index (χ2v) is 8.80. The lowest BCUT2D eigenvalue weighted by Gasteiger charge is -2.19. The van der Waals surface area contributed by atoms with E-state index < -0.39 is 13.3 Å². The van der Waals surface area contributed by atoms with Gasteiger partial charge in [-0.15, -0.1) is 0 Å². The predicted octanol–water partition coefficient (Wildman–Crippen LogP) is 4.59. The molecule has 3 aromatic carbocycles. The standard InChI is InChI=1S/C25H25O6P/c1-15-10-9-11-16(2)20(15)25(27)32(28)24-19(29-3)14-18(22(30-4)23(24)31-5)21(26)17-12-7-6-8-13-17/h6-14,32H,1-5H3. The molecule has 166 valence electrons. The summed E-state index contributed by atoms with van der Waals surface area (Å²) in [6.07, 6.45) is 0. The minimum absolute atomic E-state index is 0.0506. The summed E-state index contributed by atoms with van der Waals surface area (Å²) in [6, 6.07) is 15.6. The summed E-state index contributed by atoms with van der Waals surface area (Å²) in [5, 5.41) is 0.0918. The van der Waals surface area contributed by atoms with Crippen molar-refractivity contribution in [1.29, 1.82) is 0 Å².